The third-order valence-corrected chi connectivity index (χ3v) is 6.03. The number of nitrogens with zero attached hydrogens (tertiary/aromatic N) is 3. The molecule has 2 atom stereocenters. The monoisotopic (exact) mass is 412 g/mol. The predicted molar refractivity (Wildman–Crippen MR) is 113 cm³/mol. The predicted octanol–water partition coefficient (Wildman–Crippen LogP) is 3.47. The molecule has 1 N–H and O–H groups in total. The fourth-order valence-electron chi connectivity index (χ4n) is 3.90. The molecule has 1 aromatic carbocycles. The zero-order valence-corrected chi connectivity index (χ0v) is 17.8. The van der Waals surface area contributed by atoms with E-state index in [4.69, 9.17) is 32.9 Å². The van der Waals surface area contributed by atoms with Gasteiger partial charge in [0.15, 0.2) is 5.96 Å². The van der Waals surface area contributed by atoms with Crippen molar-refractivity contribution in [1.29, 1.82) is 0 Å². The third-order valence-electron chi connectivity index (χ3n) is 5.37. The summed E-state index contributed by atoms with van der Waals surface area (Å²) in [5.41, 5.74) is 0.980. The van der Waals surface area contributed by atoms with Gasteiger partial charge in [0.2, 0.25) is 0 Å². The van der Waals surface area contributed by atoms with Crippen molar-refractivity contribution in [3.63, 3.8) is 0 Å². The molecule has 3 rings (SSSR count). The molecule has 2 fully saturated rings. The normalized spacial score (nSPS) is 22.9. The Bertz CT molecular complexity index is 629. The molecule has 27 heavy (non-hydrogen) atoms. The van der Waals surface area contributed by atoms with Crippen LogP contribution in [0.5, 0.6) is 0 Å². The standard InChI is InChI=1S/C20H30Cl2N4O/c1-3-23-20(24-13-15(2)19-17(21)5-4-6-18(19)22)26-8-7-16(14-26)25-9-11-27-12-10-25/h4-6,15-16H,3,7-14H2,1-2H3,(H,23,24). The summed E-state index contributed by atoms with van der Waals surface area (Å²) in [7, 11) is 0. The van der Waals surface area contributed by atoms with Gasteiger partial charge in [-0.3, -0.25) is 9.89 Å². The van der Waals surface area contributed by atoms with Crippen LogP contribution < -0.4 is 5.32 Å². The topological polar surface area (TPSA) is 40.1 Å². The number of nitrogens with one attached hydrogen (secondary N) is 1. The highest BCUT2D eigenvalue weighted by molar-refractivity contribution is 6.36. The maximum Gasteiger partial charge on any atom is 0.193 e. The molecule has 0 aromatic heterocycles. The van der Waals surface area contributed by atoms with Crippen molar-refractivity contribution in [2.24, 2.45) is 4.99 Å². The first-order valence-electron chi connectivity index (χ1n) is 9.89. The largest absolute Gasteiger partial charge is 0.379 e. The Morgan fingerprint density at radius 1 is 1.26 bits per heavy atom. The van der Waals surface area contributed by atoms with Gasteiger partial charge in [-0.1, -0.05) is 36.2 Å². The van der Waals surface area contributed by atoms with E-state index in [1.165, 1.54) is 6.42 Å². The van der Waals surface area contributed by atoms with Crippen molar-refractivity contribution in [3.8, 4) is 0 Å². The van der Waals surface area contributed by atoms with Gasteiger partial charge in [0, 0.05) is 61.3 Å². The molecule has 0 spiro atoms. The zero-order valence-electron chi connectivity index (χ0n) is 16.3. The van der Waals surface area contributed by atoms with Crippen molar-refractivity contribution >= 4 is 29.2 Å². The Morgan fingerprint density at radius 3 is 2.63 bits per heavy atom. The van der Waals surface area contributed by atoms with E-state index in [2.05, 4.69) is 29.0 Å². The van der Waals surface area contributed by atoms with Gasteiger partial charge in [0.25, 0.3) is 0 Å². The lowest BCUT2D eigenvalue weighted by Gasteiger charge is -2.32. The van der Waals surface area contributed by atoms with E-state index in [0.717, 1.165) is 57.5 Å². The molecule has 5 nitrogen and oxygen atoms in total. The molecule has 0 aliphatic carbocycles. The van der Waals surface area contributed by atoms with Crippen molar-refractivity contribution in [3.05, 3.63) is 33.8 Å². The van der Waals surface area contributed by atoms with E-state index in [1.54, 1.807) is 0 Å². The molecule has 2 heterocycles. The van der Waals surface area contributed by atoms with Crippen LogP contribution in [-0.2, 0) is 4.74 Å². The molecule has 0 bridgehead atoms. The van der Waals surface area contributed by atoms with Gasteiger partial charge in [-0.05, 0) is 31.0 Å². The van der Waals surface area contributed by atoms with E-state index in [9.17, 15) is 0 Å². The smallest absolute Gasteiger partial charge is 0.193 e. The lowest BCUT2D eigenvalue weighted by molar-refractivity contribution is 0.0195. The molecule has 0 radical (unpaired) electrons. The van der Waals surface area contributed by atoms with Crippen LogP contribution in [0.1, 0.15) is 31.7 Å². The lowest BCUT2D eigenvalue weighted by atomic mass is 10.0. The van der Waals surface area contributed by atoms with Crippen LogP contribution in [0.3, 0.4) is 0 Å². The maximum absolute atomic E-state index is 6.36. The van der Waals surface area contributed by atoms with E-state index in [-0.39, 0.29) is 5.92 Å². The highest BCUT2D eigenvalue weighted by atomic mass is 35.5. The number of hydrogen-bond acceptors (Lipinski definition) is 3. The first kappa shape index (κ1) is 20.7. The number of hydrogen-bond donors (Lipinski definition) is 1. The van der Waals surface area contributed by atoms with Gasteiger partial charge in [-0.25, -0.2) is 0 Å². The second-order valence-corrected chi connectivity index (χ2v) is 8.08. The number of morpholine rings is 1. The van der Waals surface area contributed by atoms with E-state index < -0.39 is 0 Å². The molecule has 0 amide bonds. The molecule has 0 saturated carbocycles. The molecular weight excluding hydrogens is 383 g/mol. The van der Waals surface area contributed by atoms with Crippen LogP contribution in [0.15, 0.2) is 23.2 Å². The lowest BCUT2D eigenvalue weighted by Crippen LogP contribution is -2.46. The third kappa shape index (κ3) is 5.29. The van der Waals surface area contributed by atoms with Crippen LogP contribution in [0.25, 0.3) is 0 Å². The first-order chi connectivity index (χ1) is 13.1. The maximum atomic E-state index is 6.36. The van der Waals surface area contributed by atoms with Crippen LogP contribution in [0, 0.1) is 0 Å². The molecule has 2 unspecified atom stereocenters. The summed E-state index contributed by atoms with van der Waals surface area (Å²) in [5, 5.41) is 4.87. The Labute approximate surface area is 172 Å². The van der Waals surface area contributed by atoms with Crippen LogP contribution in [0.4, 0.5) is 0 Å². The number of likely N-dealkylation sites (tertiary alicyclic amines) is 1. The van der Waals surface area contributed by atoms with Crippen LogP contribution >= 0.6 is 23.2 Å². The summed E-state index contributed by atoms with van der Waals surface area (Å²) >= 11 is 12.7. The van der Waals surface area contributed by atoms with Crippen molar-refractivity contribution in [1.82, 2.24) is 15.1 Å². The van der Waals surface area contributed by atoms with Gasteiger partial charge >= 0.3 is 0 Å². The van der Waals surface area contributed by atoms with Crippen LogP contribution in [-0.4, -0.2) is 74.3 Å². The number of ether oxygens (including phenoxy) is 1. The molecule has 7 heteroatoms. The summed E-state index contributed by atoms with van der Waals surface area (Å²) in [6.07, 6.45) is 1.18. The van der Waals surface area contributed by atoms with Crippen molar-refractivity contribution < 1.29 is 4.74 Å². The number of benzene rings is 1. The second kappa shape index (κ2) is 9.97. The fourth-order valence-corrected chi connectivity index (χ4v) is 4.67. The Kier molecular flexibility index (Phi) is 7.65. The Hall–Kier alpha value is -1.01. The highest BCUT2D eigenvalue weighted by Gasteiger charge is 2.30. The summed E-state index contributed by atoms with van der Waals surface area (Å²) in [6.45, 7) is 11.6. The van der Waals surface area contributed by atoms with E-state index >= 15 is 0 Å². The van der Waals surface area contributed by atoms with E-state index in [0.29, 0.717) is 22.6 Å². The number of guanidine groups is 1. The number of aliphatic imine (C=N–C) groups is 1. The first-order valence-corrected chi connectivity index (χ1v) is 10.6. The van der Waals surface area contributed by atoms with Crippen molar-refractivity contribution in [2.45, 2.75) is 32.2 Å². The quantitative estimate of drug-likeness (QED) is 0.593. The molecule has 2 saturated heterocycles. The minimum atomic E-state index is 0.164. The van der Waals surface area contributed by atoms with Crippen molar-refractivity contribution in [2.75, 3.05) is 52.5 Å². The summed E-state index contributed by atoms with van der Waals surface area (Å²) in [5.74, 6) is 1.15. The summed E-state index contributed by atoms with van der Waals surface area (Å²) < 4.78 is 5.49. The van der Waals surface area contributed by atoms with Gasteiger partial charge in [-0.15, -0.1) is 0 Å². The van der Waals surface area contributed by atoms with Gasteiger partial charge < -0.3 is 15.0 Å². The van der Waals surface area contributed by atoms with Gasteiger partial charge in [-0.2, -0.15) is 0 Å². The second-order valence-electron chi connectivity index (χ2n) is 7.27. The average Bonchev–Trinajstić information content (AvgIpc) is 3.16. The molecule has 150 valence electrons. The summed E-state index contributed by atoms with van der Waals surface area (Å²) in [6, 6.07) is 6.25. The fraction of sp³-hybridized carbons (Fsp3) is 0.650. The molecular formula is C20H30Cl2N4O. The minimum Gasteiger partial charge on any atom is -0.379 e. The van der Waals surface area contributed by atoms with Crippen LogP contribution in [0.2, 0.25) is 10.0 Å². The van der Waals surface area contributed by atoms with Gasteiger partial charge in [0.1, 0.15) is 0 Å². The SMILES string of the molecule is CCNC(=NCC(C)c1c(Cl)cccc1Cl)N1CCC(N2CCOCC2)C1. The van der Waals surface area contributed by atoms with E-state index in [1.807, 2.05) is 18.2 Å². The highest BCUT2D eigenvalue weighted by Crippen LogP contribution is 2.31. The Balaban J connectivity index is 1.64. The Morgan fingerprint density at radius 2 is 1.96 bits per heavy atom. The molecule has 1 aromatic rings. The minimum absolute atomic E-state index is 0.164. The molecule has 2 aliphatic heterocycles. The summed E-state index contributed by atoms with van der Waals surface area (Å²) in [4.78, 5) is 9.84. The zero-order chi connectivity index (χ0) is 19.2. The van der Waals surface area contributed by atoms with Gasteiger partial charge in [0.05, 0.1) is 13.2 Å². The number of halogens is 2. The molecule has 2 aliphatic rings. The number of rotatable bonds is 5. The average molecular weight is 413 g/mol.